The maximum Gasteiger partial charge on any atom is 0.190 e. The second-order valence-electron chi connectivity index (χ2n) is 5.93. The van der Waals surface area contributed by atoms with Crippen LogP contribution in [0.3, 0.4) is 0 Å². The molecule has 0 fully saturated rings. The monoisotopic (exact) mass is 399 g/mol. The van der Waals surface area contributed by atoms with Crippen LogP contribution < -0.4 is 9.47 Å². The van der Waals surface area contributed by atoms with Gasteiger partial charge in [0.15, 0.2) is 17.8 Å². The van der Waals surface area contributed by atoms with Gasteiger partial charge in [-0.1, -0.05) is 23.9 Å². The molecule has 6 heteroatoms. The van der Waals surface area contributed by atoms with Crippen molar-refractivity contribution in [2.24, 2.45) is 4.99 Å². The quantitative estimate of drug-likeness (QED) is 0.570. The van der Waals surface area contributed by atoms with Crippen molar-refractivity contribution in [3.8, 4) is 11.5 Å². The normalized spacial score (nSPS) is 13.5. The predicted octanol–water partition coefficient (Wildman–Crippen LogP) is 5.21. The number of hydrogen-bond donors (Lipinski definition) is 0. The second kappa shape index (κ2) is 9.78. The van der Waals surface area contributed by atoms with Crippen LogP contribution in [0.1, 0.15) is 19.4 Å². The molecule has 28 heavy (non-hydrogen) atoms. The van der Waals surface area contributed by atoms with Crippen molar-refractivity contribution in [1.29, 1.82) is 0 Å². The Kier molecular flexibility index (Phi) is 7.14. The highest BCUT2D eigenvalue weighted by Gasteiger charge is 2.22. The molecular formula is C22H25NO4S. The zero-order chi connectivity index (χ0) is 19.9. The van der Waals surface area contributed by atoms with Crippen molar-refractivity contribution in [2.45, 2.75) is 25.0 Å². The highest BCUT2D eigenvalue weighted by Crippen LogP contribution is 2.40. The lowest BCUT2D eigenvalue weighted by Crippen LogP contribution is -2.19. The first kappa shape index (κ1) is 20.5. The second-order valence-corrected chi connectivity index (χ2v) is 7.04. The Hall–Kier alpha value is -2.28. The fraction of sp³-hybridized carbons (Fsp3) is 0.318. The van der Waals surface area contributed by atoms with E-state index in [-0.39, 0.29) is 0 Å². The van der Waals surface area contributed by atoms with Crippen molar-refractivity contribution >= 4 is 23.2 Å². The summed E-state index contributed by atoms with van der Waals surface area (Å²) in [7, 11) is 3.25. The minimum atomic E-state index is -0.434. The minimum Gasteiger partial charge on any atom is -0.493 e. The number of nitrogens with zero attached hydrogens (tertiary/aromatic N) is 1. The molecular weight excluding hydrogens is 374 g/mol. The number of hydrogen-bond acceptors (Lipinski definition) is 6. The third-order valence-corrected chi connectivity index (χ3v) is 5.27. The average molecular weight is 400 g/mol. The van der Waals surface area contributed by atoms with E-state index in [0.29, 0.717) is 24.7 Å². The number of benzene rings is 2. The average Bonchev–Trinajstić information content (AvgIpc) is 2.92. The molecule has 0 saturated carbocycles. The number of rotatable bonds is 8. The zero-order valence-corrected chi connectivity index (χ0v) is 17.4. The molecule has 0 amide bonds. The van der Waals surface area contributed by atoms with Gasteiger partial charge in [-0.2, -0.15) is 0 Å². The van der Waals surface area contributed by atoms with Crippen LogP contribution in [0.25, 0.3) is 0 Å². The van der Waals surface area contributed by atoms with Crippen molar-refractivity contribution < 1.29 is 18.9 Å². The lowest BCUT2D eigenvalue weighted by Gasteiger charge is -2.19. The molecule has 0 aromatic heterocycles. The number of para-hydroxylation sites is 1. The lowest BCUT2D eigenvalue weighted by atomic mass is 10.1. The molecule has 0 radical (unpaired) electrons. The number of aliphatic imine (C=N–C) groups is 1. The Morgan fingerprint density at radius 3 is 2.32 bits per heavy atom. The van der Waals surface area contributed by atoms with Gasteiger partial charge in [0.1, 0.15) is 0 Å². The molecule has 0 spiro atoms. The number of methoxy groups -OCH3 is 2. The molecule has 0 N–H and O–H groups in total. The van der Waals surface area contributed by atoms with E-state index in [4.69, 9.17) is 23.9 Å². The van der Waals surface area contributed by atoms with Gasteiger partial charge in [0, 0.05) is 28.6 Å². The first-order valence-electron chi connectivity index (χ1n) is 9.22. The number of thioether (sulfide) groups is 1. The molecule has 0 aliphatic carbocycles. The summed E-state index contributed by atoms with van der Waals surface area (Å²) in [4.78, 5) is 6.93. The van der Waals surface area contributed by atoms with Crippen LogP contribution in [0.5, 0.6) is 11.5 Å². The van der Waals surface area contributed by atoms with E-state index in [1.165, 1.54) is 0 Å². The SMILES string of the molecule is CCOC(OCC)C1=CC(c2ccc(OC)c(OC)c2)=Nc2ccccc2S1. The summed E-state index contributed by atoms with van der Waals surface area (Å²) in [6.45, 7) is 5.05. The predicted molar refractivity (Wildman–Crippen MR) is 113 cm³/mol. The Bertz CT molecular complexity index is 873. The summed E-state index contributed by atoms with van der Waals surface area (Å²) in [5.41, 5.74) is 2.66. The Morgan fingerprint density at radius 2 is 1.64 bits per heavy atom. The van der Waals surface area contributed by atoms with Crippen LogP contribution in [-0.4, -0.2) is 39.4 Å². The molecule has 1 heterocycles. The first-order chi connectivity index (χ1) is 13.7. The molecule has 148 valence electrons. The van der Waals surface area contributed by atoms with Crippen LogP contribution in [0.4, 0.5) is 5.69 Å². The van der Waals surface area contributed by atoms with E-state index in [1.807, 2.05) is 56.3 Å². The van der Waals surface area contributed by atoms with E-state index < -0.39 is 6.29 Å². The molecule has 5 nitrogen and oxygen atoms in total. The summed E-state index contributed by atoms with van der Waals surface area (Å²) in [6.07, 6.45) is 1.60. The number of allylic oxidation sites excluding steroid dienone is 1. The lowest BCUT2D eigenvalue weighted by molar-refractivity contribution is -0.106. The first-order valence-corrected chi connectivity index (χ1v) is 10.0. The van der Waals surface area contributed by atoms with Gasteiger partial charge in [-0.05, 0) is 50.3 Å². The number of ether oxygens (including phenoxy) is 4. The minimum absolute atomic E-state index is 0.434. The molecule has 1 aliphatic heterocycles. The van der Waals surface area contributed by atoms with E-state index >= 15 is 0 Å². The Morgan fingerprint density at radius 1 is 0.929 bits per heavy atom. The Balaban J connectivity index is 2.10. The largest absolute Gasteiger partial charge is 0.493 e. The van der Waals surface area contributed by atoms with Crippen LogP contribution in [0.2, 0.25) is 0 Å². The van der Waals surface area contributed by atoms with E-state index in [2.05, 4.69) is 6.07 Å². The molecule has 0 unspecified atom stereocenters. The van der Waals surface area contributed by atoms with E-state index in [0.717, 1.165) is 26.8 Å². The van der Waals surface area contributed by atoms with Gasteiger partial charge in [-0.3, -0.25) is 0 Å². The van der Waals surface area contributed by atoms with Gasteiger partial charge < -0.3 is 18.9 Å². The van der Waals surface area contributed by atoms with Crippen LogP contribution in [0, 0.1) is 0 Å². The molecule has 1 aliphatic rings. The smallest absolute Gasteiger partial charge is 0.190 e. The summed E-state index contributed by atoms with van der Waals surface area (Å²) < 4.78 is 22.5. The summed E-state index contributed by atoms with van der Waals surface area (Å²) >= 11 is 1.62. The van der Waals surface area contributed by atoms with Gasteiger partial charge >= 0.3 is 0 Å². The number of fused-ring (bicyclic) bond motifs is 1. The van der Waals surface area contributed by atoms with Gasteiger partial charge in [-0.25, -0.2) is 4.99 Å². The van der Waals surface area contributed by atoms with Crippen LogP contribution in [-0.2, 0) is 9.47 Å². The third kappa shape index (κ3) is 4.58. The maximum atomic E-state index is 5.85. The zero-order valence-electron chi connectivity index (χ0n) is 16.6. The summed E-state index contributed by atoms with van der Waals surface area (Å²) in [5, 5.41) is 0. The third-order valence-electron chi connectivity index (χ3n) is 4.16. The van der Waals surface area contributed by atoms with Crippen molar-refractivity contribution in [1.82, 2.24) is 0 Å². The Labute approximate surface area is 170 Å². The fourth-order valence-corrected chi connectivity index (χ4v) is 3.89. The summed E-state index contributed by atoms with van der Waals surface area (Å²) in [6, 6.07) is 13.9. The van der Waals surface area contributed by atoms with Gasteiger partial charge in [0.2, 0.25) is 0 Å². The maximum absolute atomic E-state index is 5.85. The topological polar surface area (TPSA) is 49.3 Å². The molecule has 0 saturated heterocycles. The van der Waals surface area contributed by atoms with Crippen molar-refractivity contribution in [2.75, 3.05) is 27.4 Å². The van der Waals surface area contributed by atoms with Gasteiger partial charge in [0.05, 0.1) is 25.6 Å². The molecule has 2 aromatic rings. The molecule has 0 atom stereocenters. The van der Waals surface area contributed by atoms with Crippen LogP contribution >= 0.6 is 11.8 Å². The molecule has 2 aromatic carbocycles. The molecule has 3 rings (SSSR count). The van der Waals surface area contributed by atoms with Crippen molar-refractivity contribution in [3.63, 3.8) is 0 Å². The van der Waals surface area contributed by atoms with Gasteiger partial charge in [0.25, 0.3) is 0 Å². The fourth-order valence-electron chi connectivity index (χ4n) is 2.86. The van der Waals surface area contributed by atoms with Crippen LogP contribution in [0.15, 0.2) is 63.3 Å². The molecule has 0 bridgehead atoms. The highest BCUT2D eigenvalue weighted by atomic mass is 32.2. The standard InChI is InChI=1S/C22H25NO4S/c1-5-26-22(27-6-2)21-14-17(23-16-9-7-8-10-20(16)28-21)15-11-12-18(24-3)19(13-15)25-4/h7-14,22H,5-6H2,1-4H3. The highest BCUT2D eigenvalue weighted by molar-refractivity contribution is 8.03. The van der Waals surface area contributed by atoms with E-state index in [9.17, 15) is 0 Å². The summed E-state index contributed by atoms with van der Waals surface area (Å²) in [5.74, 6) is 1.34. The van der Waals surface area contributed by atoms with E-state index in [1.54, 1.807) is 26.0 Å². The van der Waals surface area contributed by atoms with Crippen molar-refractivity contribution in [3.05, 3.63) is 59.0 Å². The van der Waals surface area contributed by atoms with Gasteiger partial charge in [-0.15, -0.1) is 0 Å².